The van der Waals surface area contributed by atoms with Gasteiger partial charge in [0, 0.05) is 57.1 Å². The first-order valence-electron chi connectivity index (χ1n) is 14.9. The first-order chi connectivity index (χ1) is 20.7. The molecule has 3 aromatic rings. The fraction of sp³-hybridized carbons (Fsp3) is 0.500. The van der Waals surface area contributed by atoms with E-state index in [-0.39, 0.29) is 36.9 Å². The van der Waals surface area contributed by atoms with Crippen molar-refractivity contribution < 1.29 is 27.8 Å². The van der Waals surface area contributed by atoms with Gasteiger partial charge in [-0.2, -0.15) is 0 Å². The Labute approximate surface area is 250 Å². The van der Waals surface area contributed by atoms with Crippen LogP contribution in [-0.4, -0.2) is 89.2 Å². The third-order valence-corrected chi connectivity index (χ3v) is 8.40. The van der Waals surface area contributed by atoms with Crippen molar-refractivity contribution in [3.63, 3.8) is 0 Å². The van der Waals surface area contributed by atoms with Crippen LogP contribution in [0.2, 0.25) is 0 Å². The molecule has 2 saturated heterocycles. The highest BCUT2D eigenvalue weighted by Gasteiger charge is 2.41. The van der Waals surface area contributed by atoms with Crippen molar-refractivity contribution in [2.24, 2.45) is 11.8 Å². The summed E-state index contributed by atoms with van der Waals surface area (Å²) in [7, 11) is 1.85. The predicted molar refractivity (Wildman–Crippen MR) is 157 cm³/mol. The maximum absolute atomic E-state index is 15.2. The second-order valence-electron chi connectivity index (χ2n) is 11.8. The van der Waals surface area contributed by atoms with Gasteiger partial charge in [-0.15, -0.1) is 0 Å². The fourth-order valence-electron chi connectivity index (χ4n) is 6.16. The lowest BCUT2D eigenvalue weighted by Gasteiger charge is -2.40. The minimum Gasteiger partial charge on any atom is -0.394 e. The van der Waals surface area contributed by atoms with Crippen LogP contribution in [-0.2, 0) is 11.3 Å². The van der Waals surface area contributed by atoms with E-state index in [1.165, 1.54) is 0 Å². The van der Waals surface area contributed by atoms with E-state index in [4.69, 9.17) is 9.72 Å². The Morgan fingerprint density at radius 3 is 2.58 bits per heavy atom. The quantitative estimate of drug-likeness (QED) is 0.355. The maximum atomic E-state index is 15.2. The summed E-state index contributed by atoms with van der Waals surface area (Å²) >= 11 is 0. The van der Waals surface area contributed by atoms with E-state index in [1.54, 1.807) is 18.0 Å². The van der Waals surface area contributed by atoms with Crippen LogP contribution >= 0.6 is 0 Å². The van der Waals surface area contributed by atoms with Gasteiger partial charge in [-0.1, -0.05) is 30.3 Å². The maximum Gasteiger partial charge on any atom is 0.318 e. The van der Waals surface area contributed by atoms with Crippen LogP contribution in [0.1, 0.15) is 37.2 Å². The number of nitrogens with zero attached hydrogens (tertiary/aromatic N) is 4. The number of imidazole rings is 1. The average molecular weight is 600 g/mol. The molecule has 1 aromatic heterocycles. The number of carbonyl (C=O) groups excluding carboxylic acids is 1. The normalized spacial score (nSPS) is 21.1. The lowest BCUT2D eigenvalue weighted by atomic mass is 9.89. The lowest BCUT2D eigenvalue weighted by molar-refractivity contribution is 0.0251. The number of nitrogens with one attached hydrogen (secondary N) is 1. The molecule has 4 atom stereocenters. The summed E-state index contributed by atoms with van der Waals surface area (Å²) in [6.45, 7) is 3.69. The van der Waals surface area contributed by atoms with Crippen molar-refractivity contribution in [2.45, 2.75) is 44.6 Å². The third kappa shape index (κ3) is 7.39. The van der Waals surface area contributed by atoms with Gasteiger partial charge in [0.1, 0.15) is 23.6 Å². The van der Waals surface area contributed by atoms with Crippen molar-refractivity contribution in [2.75, 3.05) is 46.5 Å². The highest BCUT2D eigenvalue weighted by atomic mass is 19.1. The molecule has 3 heterocycles. The van der Waals surface area contributed by atoms with Crippen LogP contribution in [0.5, 0.6) is 0 Å². The number of aliphatic hydroxyl groups is 1. The average Bonchev–Trinajstić information content (AvgIpc) is 3.55. The van der Waals surface area contributed by atoms with Crippen molar-refractivity contribution in [1.82, 2.24) is 24.7 Å². The minimum atomic E-state index is -1.12. The number of aromatic nitrogens is 2. The van der Waals surface area contributed by atoms with Crippen molar-refractivity contribution in [3.05, 3.63) is 77.8 Å². The van der Waals surface area contributed by atoms with Gasteiger partial charge in [-0.05, 0) is 56.5 Å². The fourth-order valence-corrected chi connectivity index (χ4v) is 6.16. The molecule has 232 valence electrons. The second kappa shape index (κ2) is 13.9. The summed E-state index contributed by atoms with van der Waals surface area (Å²) in [4.78, 5) is 22.4. The largest absolute Gasteiger partial charge is 0.394 e. The highest BCUT2D eigenvalue weighted by molar-refractivity contribution is 5.75. The molecule has 0 spiro atoms. The molecule has 43 heavy (non-hydrogen) atoms. The number of amides is 2. The Morgan fingerprint density at radius 2 is 1.91 bits per heavy atom. The molecule has 2 aliphatic rings. The topological polar surface area (TPSA) is 82.9 Å². The number of urea groups is 1. The number of hydrogen-bond acceptors (Lipinski definition) is 5. The van der Waals surface area contributed by atoms with Crippen LogP contribution in [0.4, 0.5) is 18.0 Å². The second-order valence-corrected chi connectivity index (χ2v) is 11.8. The van der Waals surface area contributed by atoms with Gasteiger partial charge in [0.15, 0.2) is 0 Å². The molecule has 5 rings (SSSR count). The van der Waals surface area contributed by atoms with E-state index in [9.17, 15) is 14.3 Å². The number of rotatable bonds is 10. The van der Waals surface area contributed by atoms with Gasteiger partial charge < -0.3 is 29.5 Å². The van der Waals surface area contributed by atoms with Crippen LogP contribution in [0, 0.1) is 23.5 Å². The first kappa shape index (κ1) is 31.0. The van der Waals surface area contributed by atoms with Crippen LogP contribution in [0.3, 0.4) is 0 Å². The minimum absolute atomic E-state index is 0.0185. The molecule has 2 aromatic carbocycles. The number of ether oxygens (including phenoxy) is 1. The molecule has 2 fully saturated rings. The Hall–Kier alpha value is -3.41. The number of halogens is 3. The first-order valence-corrected chi connectivity index (χ1v) is 14.9. The van der Waals surface area contributed by atoms with Gasteiger partial charge in [-0.25, -0.2) is 22.9 Å². The summed E-state index contributed by atoms with van der Waals surface area (Å²) in [6.07, 6.45) is 1.84. The van der Waals surface area contributed by atoms with E-state index in [0.717, 1.165) is 23.8 Å². The number of likely N-dealkylation sites (tertiary alicyclic amines) is 1. The predicted octanol–water partition coefficient (Wildman–Crippen LogP) is 4.64. The molecule has 2 aliphatic heterocycles. The molecule has 11 heteroatoms. The van der Waals surface area contributed by atoms with Gasteiger partial charge >= 0.3 is 6.03 Å². The Kier molecular flexibility index (Phi) is 10.0. The summed E-state index contributed by atoms with van der Waals surface area (Å²) in [5.41, 5.74) is 1.22. The van der Waals surface area contributed by atoms with Gasteiger partial charge in [0.05, 0.1) is 24.4 Å². The molecule has 0 saturated carbocycles. The summed E-state index contributed by atoms with van der Waals surface area (Å²) in [5.74, 6) is -1.22. The Balaban J connectivity index is 1.64. The lowest BCUT2D eigenvalue weighted by Crippen LogP contribution is -2.51. The van der Waals surface area contributed by atoms with Crippen molar-refractivity contribution in [1.29, 1.82) is 0 Å². The molecular weight excluding hydrogens is 559 g/mol. The van der Waals surface area contributed by atoms with Gasteiger partial charge in [-0.3, -0.25) is 0 Å². The van der Waals surface area contributed by atoms with E-state index in [2.05, 4.69) is 5.32 Å². The Morgan fingerprint density at radius 1 is 1.16 bits per heavy atom. The summed E-state index contributed by atoms with van der Waals surface area (Å²) in [6, 6.07) is 11.3. The van der Waals surface area contributed by atoms with E-state index < -0.39 is 41.8 Å². The number of alkyl halides is 1. The molecule has 2 N–H and O–H groups in total. The smallest absolute Gasteiger partial charge is 0.318 e. The number of hydrogen-bond donors (Lipinski definition) is 2. The number of benzene rings is 2. The molecule has 0 bridgehead atoms. The SMILES string of the molecule is C[C@@H](CO)NC(=O)N(C[C@@H]1CN(C)C[C@@H]1F)[C@@H](c1nc(-c2cc(F)ccc2F)cn1Cc1ccccc1)C1CCOCC1. The van der Waals surface area contributed by atoms with Gasteiger partial charge in [0.25, 0.3) is 0 Å². The number of carbonyl (C=O) groups is 1. The zero-order chi connectivity index (χ0) is 30.5. The van der Waals surface area contributed by atoms with Crippen LogP contribution in [0.15, 0.2) is 54.7 Å². The molecule has 0 unspecified atom stereocenters. The zero-order valence-electron chi connectivity index (χ0n) is 24.6. The standard InChI is InChI=1S/C32H40F3N5O3/c1-21(20-41)36-32(42)40(17-24-16-38(2)18-28(24)35)30(23-10-12-43-13-11-23)31-37-29(26-14-25(33)8-9-27(26)34)19-39(31)15-22-6-4-3-5-7-22/h3-9,14,19,21,23-24,28,30,41H,10-13,15-18,20H2,1-2H3,(H,36,42)/t21-,24-,28-,30+/m0/s1. The van der Waals surface area contributed by atoms with E-state index in [0.29, 0.717) is 45.0 Å². The third-order valence-electron chi connectivity index (χ3n) is 8.40. The molecule has 0 radical (unpaired) electrons. The molecular formula is C32H40F3N5O3. The van der Waals surface area contributed by atoms with Crippen LogP contribution < -0.4 is 5.32 Å². The monoisotopic (exact) mass is 599 g/mol. The van der Waals surface area contributed by atoms with Crippen molar-refractivity contribution >= 4 is 6.03 Å². The zero-order valence-corrected chi connectivity index (χ0v) is 24.6. The van der Waals surface area contributed by atoms with E-state index >= 15 is 8.78 Å². The Bertz CT molecular complexity index is 1370. The van der Waals surface area contributed by atoms with Crippen LogP contribution in [0.25, 0.3) is 11.3 Å². The summed E-state index contributed by atoms with van der Waals surface area (Å²) < 4.78 is 52.1. The van der Waals surface area contributed by atoms with E-state index in [1.807, 2.05) is 46.8 Å². The van der Waals surface area contributed by atoms with Gasteiger partial charge in [0.2, 0.25) is 0 Å². The highest BCUT2D eigenvalue weighted by Crippen LogP contribution is 2.38. The molecule has 2 amide bonds. The molecule has 8 nitrogen and oxygen atoms in total. The number of aliphatic hydroxyl groups excluding tert-OH is 1. The summed E-state index contributed by atoms with van der Waals surface area (Å²) in [5, 5.41) is 12.6. The molecule has 0 aliphatic carbocycles. The van der Waals surface area contributed by atoms with Crippen molar-refractivity contribution in [3.8, 4) is 11.3 Å².